The van der Waals surface area contributed by atoms with E-state index in [1.54, 1.807) is 36.4 Å². The fourth-order valence-corrected chi connectivity index (χ4v) is 4.83. The molecule has 1 aliphatic rings. The molecule has 8 nitrogen and oxygen atoms in total. The average Bonchev–Trinajstić information content (AvgIpc) is 3.33. The lowest BCUT2D eigenvalue weighted by molar-refractivity contribution is -0.122. The quantitative estimate of drug-likeness (QED) is 0.433. The molecule has 0 spiro atoms. The summed E-state index contributed by atoms with van der Waals surface area (Å²) >= 11 is 9.46. The first kappa shape index (κ1) is 25.2. The van der Waals surface area contributed by atoms with Gasteiger partial charge in [-0.3, -0.25) is 23.5 Å². The van der Waals surface area contributed by atoms with Gasteiger partial charge in [-0.1, -0.05) is 40.4 Å². The van der Waals surface area contributed by atoms with Crippen LogP contribution in [0.3, 0.4) is 0 Å². The van der Waals surface area contributed by atoms with E-state index < -0.39 is 17.2 Å². The molecule has 0 atom stereocenters. The smallest absolute Gasteiger partial charge is 0.331 e. The lowest BCUT2D eigenvalue weighted by Crippen LogP contribution is -2.42. The third-order valence-electron chi connectivity index (χ3n) is 6.12. The van der Waals surface area contributed by atoms with Crippen LogP contribution >= 0.6 is 27.5 Å². The van der Waals surface area contributed by atoms with Crippen LogP contribution in [0.1, 0.15) is 38.5 Å². The number of rotatable bonds is 8. The minimum absolute atomic E-state index is 0.0620. The van der Waals surface area contributed by atoms with E-state index in [2.05, 4.69) is 26.6 Å². The molecule has 4 rings (SSSR count). The van der Waals surface area contributed by atoms with Crippen LogP contribution in [-0.2, 0) is 22.7 Å². The van der Waals surface area contributed by atoms with Gasteiger partial charge in [-0.15, -0.1) is 0 Å². The number of anilines is 1. The minimum atomic E-state index is -0.605. The zero-order chi connectivity index (χ0) is 24.9. The number of fused-ring (bicyclic) bond motifs is 1. The third kappa shape index (κ3) is 6.21. The van der Waals surface area contributed by atoms with Crippen molar-refractivity contribution in [2.45, 2.75) is 57.7 Å². The Morgan fingerprint density at radius 1 is 1.00 bits per heavy atom. The summed E-state index contributed by atoms with van der Waals surface area (Å²) in [7, 11) is 0. The van der Waals surface area contributed by atoms with E-state index in [4.69, 9.17) is 11.6 Å². The largest absolute Gasteiger partial charge is 0.353 e. The summed E-state index contributed by atoms with van der Waals surface area (Å²) in [5.41, 5.74) is -0.189. The van der Waals surface area contributed by atoms with E-state index in [1.165, 1.54) is 10.6 Å². The van der Waals surface area contributed by atoms with E-state index in [1.807, 2.05) is 0 Å². The van der Waals surface area contributed by atoms with Gasteiger partial charge in [-0.05, 0) is 61.7 Å². The van der Waals surface area contributed by atoms with Crippen molar-refractivity contribution in [1.29, 1.82) is 0 Å². The van der Waals surface area contributed by atoms with Crippen molar-refractivity contribution in [2.24, 2.45) is 0 Å². The second-order valence-corrected chi connectivity index (χ2v) is 10.0. The molecular weight excluding hydrogens is 536 g/mol. The first-order valence-electron chi connectivity index (χ1n) is 11.6. The Kier molecular flexibility index (Phi) is 8.07. The van der Waals surface area contributed by atoms with Crippen LogP contribution in [-0.4, -0.2) is 27.0 Å². The van der Waals surface area contributed by atoms with Crippen LogP contribution in [0.5, 0.6) is 0 Å². The minimum Gasteiger partial charge on any atom is -0.353 e. The maximum atomic E-state index is 13.3. The summed E-state index contributed by atoms with van der Waals surface area (Å²) in [4.78, 5) is 51.4. The van der Waals surface area contributed by atoms with Crippen molar-refractivity contribution in [3.8, 4) is 0 Å². The molecule has 1 aliphatic carbocycles. The van der Waals surface area contributed by atoms with Gasteiger partial charge in [0.15, 0.2) is 0 Å². The van der Waals surface area contributed by atoms with Crippen LogP contribution in [0.25, 0.3) is 10.9 Å². The van der Waals surface area contributed by atoms with Gasteiger partial charge in [0.25, 0.3) is 5.56 Å². The predicted molar refractivity (Wildman–Crippen MR) is 140 cm³/mol. The van der Waals surface area contributed by atoms with Crippen molar-refractivity contribution in [3.05, 3.63) is 72.8 Å². The molecule has 1 fully saturated rings. The number of hydrogen-bond acceptors (Lipinski definition) is 4. The Labute approximate surface area is 215 Å². The highest BCUT2D eigenvalue weighted by molar-refractivity contribution is 9.10. The number of carbonyl (C=O) groups is 2. The van der Waals surface area contributed by atoms with E-state index in [0.717, 1.165) is 34.7 Å². The van der Waals surface area contributed by atoms with Crippen molar-refractivity contribution < 1.29 is 9.59 Å². The fourth-order valence-electron chi connectivity index (χ4n) is 4.39. The molecule has 184 valence electrons. The molecule has 35 heavy (non-hydrogen) atoms. The maximum Gasteiger partial charge on any atom is 0.331 e. The molecular formula is C25H26BrClN4O4. The lowest BCUT2D eigenvalue weighted by atomic mass is 10.2. The molecule has 2 N–H and O–H groups in total. The molecule has 0 saturated heterocycles. The summed E-state index contributed by atoms with van der Waals surface area (Å²) in [5, 5.41) is 6.36. The summed E-state index contributed by atoms with van der Waals surface area (Å²) in [6, 6.07) is 11.9. The van der Waals surface area contributed by atoms with Crippen LogP contribution in [0.15, 0.2) is 56.5 Å². The van der Waals surface area contributed by atoms with Crippen molar-refractivity contribution in [3.63, 3.8) is 0 Å². The van der Waals surface area contributed by atoms with Crippen molar-refractivity contribution >= 4 is 55.9 Å². The Hall–Kier alpha value is -2.91. The topological polar surface area (TPSA) is 102 Å². The second-order valence-electron chi connectivity index (χ2n) is 8.69. The maximum absolute atomic E-state index is 13.3. The highest BCUT2D eigenvalue weighted by Crippen LogP contribution is 2.18. The SMILES string of the molecule is O=C(Cn1c(=O)n(CCCC(=O)NC2CCCC2)c(=O)c2cc(Cl)ccc21)Nc1ccc(Br)cc1. The zero-order valence-electron chi connectivity index (χ0n) is 19.1. The van der Waals surface area contributed by atoms with E-state index in [9.17, 15) is 19.2 Å². The van der Waals surface area contributed by atoms with Gasteiger partial charge in [0, 0.05) is 34.2 Å². The number of benzene rings is 2. The number of hydrogen-bond donors (Lipinski definition) is 2. The Morgan fingerprint density at radius 3 is 2.43 bits per heavy atom. The highest BCUT2D eigenvalue weighted by Gasteiger charge is 2.18. The third-order valence-corrected chi connectivity index (χ3v) is 6.89. The van der Waals surface area contributed by atoms with Gasteiger partial charge < -0.3 is 10.6 Å². The average molecular weight is 562 g/mol. The number of amides is 2. The molecule has 2 aromatic carbocycles. The van der Waals surface area contributed by atoms with Gasteiger partial charge in [0.05, 0.1) is 10.9 Å². The number of carbonyl (C=O) groups excluding carboxylic acids is 2. The normalized spacial score (nSPS) is 13.8. The summed E-state index contributed by atoms with van der Waals surface area (Å²) in [6.45, 7) is -0.220. The van der Waals surface area contributed by atoms with Gasteiger partial charge in [0.2, 0.25) is 11.8 Å². The molecule has 0 bridgehead atoms. The van der Waals surface area contributed by atoms with Gasteiger partial charge in [-0.2, -0.15) is 0 Å². The second kappa shape index (κ2) is 11.2. The summed E-state index contributed by atoms with van der Waals surface area (Å²) in [5.74, 6) is -0.491. The van der Waals surface area contributed by atoms with Gasteiger partial charge >= 0.3 is 5.69 Å². The molecule has 1 heterocycles. The lowest BCUT2D eigenvalue weighted by Gasteiger charge is -2.15. The van der Waals surface area contributed by atoms with Crippen LogP contribution in [0.4, 0.5) is 5.69 Å². The fraction of sp³-hybridized carbons (Fsp3) is 0.360. The summed E-state index contributed by atoms with van der Waals surface area (Å²) in [6.07, 6.45) is 4.75. The Balaban J connectivity index is 1.56. The molecule has 3 aromatic rings. The monoisotopic (exact) mass is 560 g/mol. The van der Waals surface area contributed by atoms with Crippen molar-refractivity contribution in [1.82, 2.24) is 14.5 Å². The zero-order valence-corrected chi connectivity index (χ0v) is 21.4. The molecule has 10 heteroatoms. The molecule has 1 aromatic heterocycles. The van der Waals surface area contributed by atoms with Crippen molar-refractivity contribution in [2.75, 3.05) is 5.32 Å². The van der Waals surface area contributed by atoms with Crippen LogP contribution in [0.2, 0.25) is 5.02 Å². The highest BCUT2D eigenvalue weighted by atomic mass is 79.9. The number of nitrogens with zero attached hydrogens (tertiary/aromatic N) is 2. The molecule has 0 aliphatic heterocycles. The number of nitrogens with one attached hydrogen (secondary N) is 2. The first-order chi connectivity index (χ1) is 16.8. The Bertz CT molecular complexity index is 1360. The molecule has 0 unspecified atom stereocenters. The molecule has 0 radical (unpaired) electrons. The van der Waals surface area contributed by atoms with E-state index >= 15 is 0 Å². The summed E-state index contributed by atoms with van der Waals surface area (Å²) < 4.78 is 3.22. The molecule has 2 amide bonds. The molecule has 1 saturated carbocycles. The predicted octanol–water partition coefficient (Wildman–Crippen LogP) is 4.06. The van der Waals surface area contributed by atoms with E-state index in [0.29, 0.717) is 22.6 Å². The number of aromatic nitrogens is 2. The standard InChI is InChI=1S/C25H26BrClN4O4/c26-16-7-10-19(11-8-16)29-23(33)15-31-21-12-9-17(27)14-20(21)24(34)30(25(31)35)13-3-6-22(32)28-18-4-1-2-5-18/h7-12,14,18H,1-6,13,15H2,(H,28,32)(H,29,33). The van der Waals surface area contributed by atoms with Crippen LogP contribution in [0, 0.1) is 0 Å². The van der Waals surface area contributed by atoms with Gasteiger partial charge in [-0.25, -0.2) is 4.79 Å². The van der Waals surface area contributed by atoms with E-state index in [-0.39, 0.29) is 36.8 Å². The number of halogens is 2. The Morgan fingerprint density at radius 2 is 1.71 bits per heavy atom. The van der Waals surface area contributed by atoms with Crippen LogP contribution < -0.4 is 21.9 Å². The first-order valence-corrected chi connectivity index (χ1v) is 12.8. The van der Waals surface area contributed by atoms with Gasteiger partial charge in [0.1, 0.15) is 6.54 Å².